The molecule has 2 aromatic carbocycles. The summed E-state index contributed by atoms with van der Waals surface area (Å²) in [6.07, 6.45) is 7.50. The normalized spacial score (nSPS) is 24.3. The molecule has 25 heavy (non-hydrogen) atoms. The minimum Gasteiger partial charge on any atom is -0.0876 e. The number of fused-ring (bicyclic) bond motifs is 1. The molecule has 2 atom stereocenters. The van der Waals surface area contributed by atoms with Crippen LogP contribution >= 0.6 is 6.04 Å². The molecule has 130 valence electrons. The number of hydrogen-bond acceptors (Lipinski definition) is 1. The van der Waals surface area contributed by atoms with Crippen molar-refractivity contribution in [1.29, 1.82) is 0 Å². The predicted molar refractivity (Wildman–Crippen MR) is 114 cm³/mol. The molecular weight excluding hydrogens is 339 g/mol. The van der Waals surface area contributed by atoms with Gasteiger partial charge in [-0.05, 0) is 53.3 Å². The first-order valence-electron chi connectivity index (χ1n) is 9.41. The van der Waals surface area contributed by atoms with E-state index >= 15 is 0 Å². The topological polar surface area (TPSA) is 0 Å². The molecule has 0 amide bonds. The van der Waals surface area contributed by atoms with Gasteiger partial charge in [0.1, 0.15) is 0 Å². The van der Waals surface area contributed by atoms with Gasteiger partial charge >= 0.3 is 0 Å². The highest BCUT2D eigenvalue weighted by atomic mass is 32.4. The second-order valence-electron chi connectivity index (χ2n) is 8.21. The zero-order valence-corrected chi connectivity index (χ0v) is 16.9. The highest BCUT2D eigenvalue weighted by Gasteiger charge is 2.50. The summed E-state index contributed by atoms with van der Waals surface area (Å²) in [6, 6.07) is 20.0. The molecule has 2 heteroatoms. The molecule has 0 saturated heterocycles. The quantitative estimate of drug-likeness (QED) is 0.497. The summed E-state index contributed by atoms with van der Waals surface area (Å²) in [5.74, 6) is 1.70. The van der Waals surface area contributed by atoms with Crippen LogP contribution in [-0.2, 0) is 11.8 Å². The molecule has 0 aliphatic heterocycles. The highest BCUT2D eigenvalue weighted by Crippen LogP contribution is 2.60. The predicted octanol–water partition coefficient (Wildman–Crippen LogP) is 5.50. The average Bonchev–Trinajstić information content (AvgIpc) is 2.67. The third kappa shape index (κ3) is 2.96. The standard InChI is InChI=1S/C23H27PS/c1-23(2)19-14-13-18(22(23)17-19)15-16-24(25,20-9-5-3-6-10-20)21-11-7-4-8-12-21/h3-13,19,22H,14-17H2,1-2H3/t19-,22-/m0/s1. The second kappa shape index (κ2) is 6.53. The Morgan fingerprint density at radius 3 is 2.00 bits per heavy atom. The molecule has 2 aromatic rings. The Balaban J connectivity index is 1.62. The monoisotopic (exact) mass is 366 g/mol. The van der Waals surface area contributed by atoms with E-state index in [1.54, 1.807) is 5.57 Å². The van der Waals surface area contributed by atoms with Crippen molar-refractivity contribution >= 4 is 28.5 Å². The number of rotatable bonds is 5. The summed E-state index contributed by atoms with van der Waals surface area (Å²) in [5.41, 5.74) is 2.19. The first-order valence-corrected chi connectivity index (χ1v) is 12.4. The zero-order valence-electron chi connectivity index (χ0n) is 15.2. The lowest BCUT2D eigenvalue weighted by Gasteiger charge is -2.56. The van der Waals surface area contributed by atoms with E-state index in [9.17, 15) is 0 Å². The summed E-state index contributed by atoms with van der Waals surface area (Å²) < 4.78 is 0. The van der Waals surface area contributed by atoms with Gasteiger partial charge in [0.05, 0.1) is 0 Å². The largest absolute Gasteiger partial charge is 0.0876 e. The van der Waals surface area contributed by atoms with Gasteiger partial charge in [0.2, 0.25) is 0 Å². The summed E-state index contributed by atoms with van der Waals surface area (Å²) in [5, 5.41) is 2.72. The van der Waals surface area contributed by atoms with Gasteiger partial charge in [-0.2, -0.15) is 0 Å². The maximum atomic E-state index is 6.40. The minimum absolute atomic E-state index is 0.506. The molecule has 0 unspecified atom stereocenters. The molecule has 0 heterocycles. The van der Waals surface area contributed by atoms with Gasteiger partial charge in [-0.1, -0.05) is 98.0 Å². The van der Waals surface area contributed by atoms with Crippen molar-refractivity contribution in [3.05, 3.63) is 72.3 Å². The maximum Gasteiger partial charge on any atom is 0.0109 e. The van der Waals surface area contributed by atoms with Crippen molar-refractivity contribution < 1.29 is 0 Å². The third-order valence-electron chi connectivity index (χ3n) is 6.64. The fourth-order valence-electron chi connectivity index (χ4n) is 4.79. The van der Waals surface area contributed by atoms with Crippen molar-refractivity contribution in [3.63, 3.8) is 0 Å². The van der Waals surface area contributed by atoms with Crippen LogP contribution in [-0.4, -0.2) is 6.16 Å². The van der Waals surface area contributed by atoms with Crippen LogP contribution in [0.5, 0.6) is 0 Å². The number of benzene rings is 2. The lowest BCUT2D eigenvalue weighted by molar-refractivity contribution is -0.00769. The maximum absolute atomic E-state index is 6.40. The van der Waals surface area contributed by atoms with Gasteiger partial charge in [0.15, 0.2) is 0 Å². The smallest absolute Gasteiger partial charge is 0.0109 e. The molecule has 1 saturated carbocycles. The van der Waals surface area contributed by atoms with Gasteiger partial charge in [-0.3, -0.25) is 0 Å². The molecular formula is C23H27PS. The molecule has 1 fully saturated rings. The molecule has 2 bridgehead atoms. The fraction of sp³-hybridized carbons (Fsp3) is 0.391. The van der Waals surface area contributed by atoms with E-state index in [2.05, 4.69) is 80.6 Å². The average molecular weight is 367 g/mol. The Labute approximate surface area is 157 Å². The van der Waals surface area contributed by atoms with Crippen LogP contribution in [0.1, 0.15) is 33.1 Å². The first-order chi connectivity index (χ1) is 12.0. The van der Waals surface area contributed by atoms with Crippen LogP contribution in [0.2, 0.25) is 0 Å². The lowest BCUT2D eigenvalue weighted by atomic mass is 9.48. The van der Waals surface area contributed by atoms with Crippen LogP contribution in [0.4, 0.5) is 0 Å². The van der Waals surface area contributed by atoms with Crippen molar-refractivity contribution in [2.45, 2.75) is 33.1 Å². The van der Waals surface area contributed by atoms with Gasteiger partial charge < -0.3 is 0 Å². The van der Waals surface area contributed by atoms with E-state index in [0.717, 1.165) is 18.0 Å². The number of hydrogen-bond donors (Lipinski definition) is 0. The lowest BCUT2D eigenvalue weighted by Crippen LogP contribution is -2.48. The Bertz CT molecular complexity index is 776. The summed E-state index contributed by atoms with van der Waals surface area (Å²) in [6.45, 7) is 4.92. The van der Waals surface area contributed by atoms with E-state index in [1.165, 1.54) is 29.9 Å². The molecule has 0 N–H and O–H groups in total. The van der Waals surface area contributed by atoms with Gasteiger partial charge in [0, 0.05) is 6.04 Å². The molecule has 0 radical (unpaired) electrons. The Hall–Kier alpha value is -1.17. The van der Waals surface area contributed by atoms with Crippen LogP contribution in [0.25, 0.3) is 0 Å². The van der Waals surface area contributed by atoms with E-state index in [1.807, 2.05) is 0 Å². The summed E-state index contributed by atoms with van der Waals surface area (Å²) in [7, 11) is 0. The van der Waals surface area contributed by atoms with Crippen molar-refractivity contribution in [1.82, 2.24) is 0 Å². The highest BCUT2D eigenvalue weighted by molar-refractivity contribution is 8.21. The minimum atomic E-state index is -1.75. The van der Waals surface area contributed by atoms with Crippen LogP contribution < -0.4 is 10.6 Å². The molecule has 5 rings (SSSR count). The molecule has 0 nitrogen and oxygen atoms in total. The molecule has 0 aromatic heterocycles. The van der Waals surface area contributed by atoms with Gasteiger partial charge in [0.25, 0.3) is 0 Å². The third-order valence-corrected chi connectivity index (χ3v) is 11.6. The van der Waals surface area contributed by atoms with E-state index in [4.69, 9.17) is 11.8 Å². The van der Waals surface area contributed by atoms with Crippen molar-refractivity contribution in [3.8, 4) is 0 Å². The van der Waals surface area contributed by atoms with Crippen molar-refractivity contribution in [2.75, 3.05) is 6.16 Å². The fourth-order valence-corrected chi connectivity index (χ4v) is 8.49. The SMILES string of the molecule is CC1(C)[C@H]2CC=C(CCP(=S)(c3ccccc3)c3ccccc3)[C@@H]1C2. The number of allylic oxidation sites excluding steroid dienone is 2. The second-order valence-corrected chi connectivity index (χ2v) is 13.0. The zero-order chi connectivity index (χ0) is 17.5. The first kappa shape index (κ1) is 17.3. The van der Waals surface area contributed by atoms with E-state index in [-0.39, 0.29) is 0 Å². The van der Waals surface area contributed by atoms with Crippen LogP contribution in [0.3, 0.4) is 0 Å². The van der Waals surface area contributed by atoms with Crippen LogP contribution in [0, 0.1) is 17.3 Å². The Kier molecular flexibility index (Phi) is 4.50. The van der Waals surface area contributed by atoms with Gasteiger partial charge in [-0.25, -0.2) is 0 Å². The van der Waals surface area contributed by atoms with Gasteiger partial charge in [-0.15, -0.1) is 0 Å². The molecule has 0 spiro atoms. The van der Waals surface area contributed by atoms with E-state index in [0.29, 0.717) is 5.41 Å². The van der Waals surface area contributed by atoms with E-state index < -0.39 is 6.04 Å². The Morgan fingerprint density at radius 1 is 0.960 bits per heavy atom. The molecule has 3 aliphatic carbocycles. The summed E-state index contributed by atoms with van der Waals surface area (Å²) in [4.78, 5) is 0. The molecule has 3 aliphatic rings. The van der Waals surface area contributed by atoms with Crippen molar-refractivity contribution in [2.24, 2.45) is 17.3 Å². The van der Waals surface area contributed by atoms with Crippen LogP contribution in [0.15, 0.2) is 72.3 Å². The Morgan fingerprint density at radius 2 is 1.52 bits per heavy atom. The summed E-state index contributed by atoms with van der Waals surface area (Å²) >= 11 is 6.40.